The van der Waals surface area contributed by atoms with E-state index < -0.39 is 0 Å². The van der Waals surface area contributed by atoms with E-state index in [0.717, 1.165) is 23.4 Å². The zero-order valence-electron chi connectivity index (χ0n) is 16.5. The first-order valence-electron chi connectivity index (χ1n) is 9.44. The molecule has 0 atom stereocenters. The molecule has 3 heterocycles. The Morgan fingerprint density at radius 2 is 1.93 bits per heavy atom. The summed E-state index contributed by atoms with van der Waals surface area (Å²) in [5.41, 5.74) is 3.01. The quantitative estimate of drug-likeness (QED) is 0.639. The zero-order chi connectivity index (χ0) is 19.4. The summed E-state index contributed by atoms with van der Waals surface area (Å²) in [4.78, 5) is 28.3. The van der Waals surface area contributed by atoms with Crippen LogP contribution in [-0.4, -0.2) is 36.9 Å². The molecular formula is C21H27N5O. The van der Waals surface area contributed by atoms with Crippen molar-refractivity contribution in [3.05, 3.63) is 54.2 Å². The molecule has 0 N–H and O–H groups in total. The molecule has 0 unspecified atom stereocenters. The summed E-state index contributed by atoms with van der Waals surface area (Å²) < 4.78 is 2.04. The lowest BCUT2D eigenvalue weighted by Crippen LogP contribution is -2.34. The van der Waals surface area contributed by atoms with Gasteiger partial charge in [0.15, 0.2) is 5.65 Å². The van der Waals surface area contributed by atoms with E-state index in [1.165, 1.54) is 0 Å². The summed E-state index contributed by atoms with van der Waals surface area (Å²) in [5, 5.41) is 0. The lowest BCUT2D eigenvalue weighted by molar-refractivity contribution is 0.0720. The average Bonchev–Trinajstić information content (AvgIpc) is 3.02. The highest BCUT2D eigenvalue weighted by molar-refractivity contribution is 5.96. The highest BCUT2D eigenvalue weighted by Gasteiger charge is 2.19. The highest BCUT2D eigenvalue weighted by atomic mass is 16.2. The summed E-state index contributed by atoms with van der Waals surface area (Å²) in [7, 11) is 0. The van der Waals surface area contributed by atoms with Crippen LogP contribution >= 0.6 is 0 Å². The molecule has 6 heteroatoms. The van der Waals surface area contributed by atoms with Crippen molar-refractivity contribution in [3.8, 4) is 0 Å². The van der Waals surface area contributed by atoms with E-state index in [1.807, 2.05) is 33.7 Å². The number of carbonyl (C=O) groups excluding carboxylic acids is 1. The average molecular weight is 365 g/mol. The standard InChI is InChI=1S/C21H27N5O/c1-15(2)11-25(13-18-7-5-6-8-22-18)21(27)17-9-19-20(23-10-17)26(14-24-19)12-16(3)4/h5-10,14-16H,11-13H2,1-4H3. The smallest absolute Gasteiger partial charge is 0.255 e. The molecule has 0 aliphatic rings. The number of hydrogen-bond donors (Lipinski definition) is 0. The van der Waals surface area contributed by atoms with Crippen molar-refractivity contribution in [3.63, 3.8) is 0 Å². The predicted molar refractivity (Wildman–Crippen MR) is 106 cm³/mol. The summed E-state index contributed by atoms with van der Waals surface area (Å²) in [6.07, 6.45) is 5.21. The van der Waals surface area contributed by atoms with Crippen LogP contribution in [0.4, 0.5) is 0 Å². The Bertz CT molecular complexity index is 901. The van der Waals surface area contributed by atoms with Gasteiger partial charge in [0, 0.05) is 25.5 Å². The molecule has 3 rings (SSSR count). The Labute approximate surface area is 160 Å². The van der Waals surface area contributed by atoms with E-state index in [1.54, 1.807) is 18.7 Å². The third-order valence-electron chi connectivity index (χ3n) is 4.22. The number of amides is 1. The number of pyridine rings is 2. The first-order valence-corrected chi connectivity index (χ1v) is 9.44. The summed E-state index contributed by atoms with van der Waals surface area (Å²) in [5.74, 6) is 0.826. The molecule has 0 aromatic carbocycles. The first-order chi connectivity index (χ1) is 12.9. The molecular weight excluding hydrogens is 338 g/mol. The SMILES string of the molecule is CC(C)CN(Cc1ccccn1)C(=O)c1cnc2c(c1)ncn2CC(C)C. The number of carbonyl (C=O) groups is 1. The topological polar surface area (TPSA) is 63.9 Å². The number of hydrogen-bond acceptors (Lipinski definition) is 4. The molecule has 0 radical (unpaired) electrons. The van der Waals surface area contributed by atoms with Gasteiger partial charge in [-0.05, 0) is 30.0 Å². The Balaban J connectivity index is 1.86. The van der Waals surface area contributed by atoms with Gasteiger partial charge in [0.05, 0.1) is 24.1 Å². The maximum absolute atomic E-state index is 13.1. The van der Waals surface area contributed by atoms with Crippen molar-refractivity contribution in [2.45, 2.75) is 40.8 Å². The third kappa shape index (κ3) is 4.70. The summed E-state index contributed by atoms with van der Waals surface area (Å²) in [6, 6.07) is 7.60. The van der Waals surface area contributed by atoms with E-state index in [-0.39, 0.29) is 5.91 Å². The second kappa shape index (κ2) is 8.29. The van der Waals surface area contributed by atoms with Gasteiger partial charge in [0.2, 0.25) is 0 Å². The minimum absolute atomic E-state index is 0.0397. The molecule has 142 valence electrons. The van der Waals surface area contributed by atoms with Crippen LogP contribution in [0.1, 0.15) is 43.7 Å². The Morgan fingerprint density at radius 3 is 2.59 bits per heavy atom. The molecule has 0 saturated heterocycles. The van der Waals surface area contributed by atoms with Crippen LogP contribution in [0.2, 0.25) is 0 Å². The van der Waals surface area contributed by atoms with Crippen molar-refractivity contribution < 1.29 is 4.79 Å². The summed E-state index contributed by atoms with van der Waals surface area (Å²) >= 11 is 0. The first kappa shape index (κ1) is 19.0. The zero-order valence-corrected chi connectivity index (χ0v) is 16.5. The van der Waals surface area contributed by atoms with E-state index in [9.17, 15) is 4.79 Å². The Hall–Kier alpha value is -2.76. The largest absolute Gasteiger partial charge is 0.332 e. The molecule has 3 aromatic heterocycles. The van der Waals surface area contributed by atoms with Crippen molar-refractivity contribution in [1.29, 1.82) is 0 Å². The van der Waals surface area contributed by atoms with E-state index in [2.05, 4.69) is 42.6 Å². The van der Waals surface area contributed by atoms with Crippen LogP contribution in [0.5, 0.6) is 0 Å². The molecule has 0 spiro atoms. The van der Waals surface area contributed by atoms with Gasteiger partial charge in [-0.15, -0.1) is 0 Å². The fraction of sp³-hybridized carbons (Fsp3) is 0.429. The van der Waals surface area contributed by atoms with Crippen LogP contribution in [0.15, 0.2) is 43.0 Å². The van der Waals surface area contributed by atoms with Crippen molar-refractivity contribution >= 4 is 17.1 Å². The molecule has 6 nitrogen and oxygen atoms in total. The highest BCUT2D eigenvalue weighted by Crippen LogP contribution is 2.17. The molecule has 0 aliphatic heterocycles. The summed E-state index contributed by atoms with van der Waals surface area (Å²) in [6.45, 7) is 10.5. The molecule has 0 bridgehead atoms. The van der Waals surface area contributed by atoms with Crippen molar-refractivity contribution in [2.24, 2.45) is 11.8 Å². The number of fused-ring (bicyclic) bond motifs is 1. The van der Waals surface area contributed by atoms with Crippen LogP contribution in [0.25, 0.3) is 11.2 Å². The fourth-order valence-corrected chi connectivity index (χ4v) is 3.12. The van der Waals surface area contributed by atoms with Gasteiger partial charge >= 0.3 is 0 Å². The van der Waals surface area contributed by atoms with Crippen molar-refractivity contribution in [2.75, 3.05) is 6.54 Å². The van der Waals surface area contributed by atoms with E-state index in [4.69, 9.17) is 0 Å². The van der Waals surface area contributed by atoms with Crippen LogP contribution in [-0.2, 0) is 13.1 Å². The van der Waals surface area contributed by atoms with Crippen LogP contribution in [0, 0.1) is 11.8 Å². The Morgan fingerprint density at radius 1 is 1.11 bits per heavy atom. The fourth-order valence-electron chi connectivity index (χ4n) is 3.12. The molecule has 0 saturated carbocycles. The molecule has 3 aromatic rings. The second-order valence-corrected chi connectivity index (χ2v) is 7.76. The predicted octanol–water partition coefficient (Wildman–Crippen LogP) is 3.78. The minimum Gasteiger partial charge on any atom is -0.332 e. The normalized spacial score (nSPS) is 11.5. The maximum atomic E-state index is 13.1. The molecule has 0 fully saturated rings. The number of nitrogens with zero attached hydrogens (tertiary/aromatic N) is 5. The van der Waals surface area contributed by atoms with Gasteiger partial charge in [-0.3, -0.25) is 9.78 Å². The number of aromatic nitrogens is 4. The lowest BCUT2D eigenvalue weighted by Gasteiger charge is -2.24. The maximum Gasteiger partial charge on any atom is 0.255 e. The molecule has 27 heavy (non-hydrogen) atoms. The van der Waals surface area contributed by atoms with E-state index >= 15 is 0 Å². The number of rotatable bonds is 7. The van der Waals surface area contributed by atoms with Gasteiger partial charge in [-0.2, -0.15) is 0 Å². The second-order valence-electron chi connectivity index (χ2n) is 7.76. The molecule has 1 amide bonds. The van der Waals surface area contributed by atoms with Gasteiger partial charge in [0.25, 0.3) is 5.91 Å². The lowest BCUT2D eigenvalue weighted by atomic mass is 10.1. The minimum atomic E-state index is -0.0397. The van der Waals surface area contributed by atoms with Crippen LogP contribution < -0.4 is 0 Å². The third-order valence-corrected chi connectivity index (χ3v) is 4.22. The van der Waals surface area contributed by atoms with Gasteiger partial charge in [-0.1, -0.05) is 33.8 Å². The van der Waals surface area contributed by atoms with Gasteiger partial charge in [-0.25, -0.2) is 9.97 Å². The van der Waals surface area contributed by atoms with Gasteiger partial charge in [0.1, 0.15) is 5.52 Å². The monoisotopic (exact) mass is 365 g/mol. The Kier molecular flexibility index (Phi) is 5.84. The molecule has 0 aliphatic carbocycles. The van der Waals surface area contributed by atoms with Gasteiger partial charge < -0.3 is 9.47 Å². The van der Waals surface area contributed by atoms with Crippen molar-refractivity contribution in [1.82, 2.24) is 24.4 Å². The number of imidazole rings is 1. The van der Waals surface area contributed by atoms with Crippen LogP contribution in [0.3, 0.4) is 0 Å². The van der Waals surface area contributed by atoms with E-state index in [0.29, 0.717) is 30.5 Å².